The van der Waals surface area contributed by atoms with Crippen molar-refractivity contribution in [3.05, 3.63) is 34.9 Å². The SMILES string of the molecule is O=C(CC1(O)CCCC1)N1CCc2c(F)cc(F)cc2C1. The summed E-state index contributed by atoms with van der Waals surface area (Å²) in [7, 11) is 0. The molecule has 0 unspecified atom stereocenters. The van der Waals surface area contributed by atoms with Gasteiger partial charge in [-0.15, -0.1) is 0 Å². The van der Waals surface area contributed by atoms with E-state index < -0.39 is 17.2 Å². The molecule has 1 N–H and O–H groups in total. The molecule has 1 aliphatic carbocycles. The summed E-state index contributed by atoms with van der Waals surface area (Å²) in [4.78, 5) is 13.9. The van der Waals surface area contributed by atoms with Gasteiger partial charge in [0.2, 0.25) is 5.91 Å². The molecule has 1 aliphatic heterocycles. The zero-order chi connectivity index (χ0) is 15.0. The zero-order valence-corrected chi connectivity index (χ0v) is 11.9. The number of hydrogen-bond donors (Lipinski definition) is 1. The fraction of sp³-hybridized carbons (Fsp3) is 0.562. The molecule has 0 spiro atoms. The van der Waals surface area contributed by atoms with Gasteiger partial charge in [-0.3, -0.25) is 4.79 Å². The predicted octanol–water partition coefficient (Wildman–Crippen LogP) is 2.54. The van der Waals surface area contributed by atoms with Crippen LogP contribution in [0.15, 0.2) is 12.1 Å². The van der Waals surface area contributed by atoms with Crippen LogP contribution < -0.4 is 0 Å². The summed E-state index contributed by atoms with van der Waals surface area (Å²) in [5.74, 6) is -1.28. The standard InChI is InChI=1S/C16H19F2NO2/c17-12-7-11-10-19(6-3-13(11)14(18)8-12)15(20)9-16(21)4-1-2-5-16/h7-8,21H,1-6,9-10H2. The van der Waals surface area contributed by atoms with E-state index in [2.05, 4.69) is 0 Å². The van der Waals surface area contributed by atoms with Gasteiger partial charge in [-0.2, -0.15) is 0 Å². The summed E-state index contributed by atoms with van der Waals surface area (Å²) >= 11 is 0. The van der Waals surface area contributed by atoms with Crippen LogP contribution >= 0.6 is 0 Å². The third-order valence-corrected chi connectivity index (χ3v) is 4.61. The van der Waals surface area contributed by atoms with Gasteiger partial charge < -0.3 is 10.0 Å². The molecule has 0 aromatic heterocycles. The predicted molar refractivity (Wildman–Crippen MR) is 73.5 cm³/mol. The normalized spacial score (nSPS) is 20.4. The molecule has 3 nitrogen and oxygen atoms in total. The zero-order valence-electron chi connectivity index (χ0n) is 11.9. The number of benzene rings is 1. The van der Waals surface area contributed by atoms with Crippen LogP contribution in [0.1, 0.15) is 43.2 Å². The van der Waals surface area contributed by atoms with Gasteiger partial charge in [-0.25, -0.2) is 8.78 Å². The Kier molecular flexibility index (Phi) is 3.69. The Balaban J connectivity index is 1.72. The first-order chi connectivity index (χ1) is 9.97. The summed E-state index contributed by atoms with van der Waals surface area (Å²) in [5.41, 5.74) is 0.149. The van der Waals surface area contributed by atoms with E-state index >= 15 is 0 Å². The van der Waals surface area contributed by atoms with Crippen molar-refractivity contribution < 1.29 is 18.7 Å². The molecule has 0 atom stereocenters. The van der Waals surface area contributed by atoms with Crippen LogP contribution in [-0.2, 0) is 17.8 Å². The lowest BCUT2D eigenvalue weighted by molar-refractivity contribution is -0.137. The summed E-state index contributed by atoms with van der Waals surface area (Å²) in [6.07, 6.45) is 3.72. The fourth-order valence-electron chi connectivity index (χ4n) is 3.43. The lowest BCUT2D eigenvalue weighted by atomic mass is 9.95. The number of carbonyl (C=O) groups is 1. The van der Waals surface area contributed by atoms with E-state index in [1.54, 1.807) is 4.90 Å². The van der Waals surface area contributed by atoms with Crippen LogP contribution in [0.25, 0.3) is 0 Å². The summed E-state index contributed by atoms with van der Waals surface area (Å²) in [5, 5.41) is 10.3. The molecule has 3 rings (SSSR count). The quantitative estimate of drug-likeness (QED) is 0.911. The summed E-state index contributed by atoms with van der Waals surface area (Å²) < 4.78 is 27.0. The van der Waals surface area contributed by atoms with Crippen molar-refractivity contribution in [2.45, 2.75) is 50.7 Å². The Labute approximate surface area is 122 Å². The minimum atomic E-state index is -0.884. The van der Waals surface area contributed by atoms with Gasteiger partial charge in [0, 0.05) is 19.2 Å². The lowest BCUT2D eigenvalue weighted by Crippen LogP contribution is -2.41. The van der Waals surface area contributed by atoms with Crippen molar-refractivity contribution in [2.24, 2.45) is 0 Å². The molecule has 114 valence electrons. The van der Waals surface area contributed by atoms with Crippen molar-refractivity contribution in [3.8, 4) is 0 Å². The first-order valence-electron chi connectivity index (χ1n) is 7.44. The number of fused-ring (bicyclic) bond motifs is 1. The van der Waals surface area contributed by atoms with Crippen LogP contribution in [-0.4, -0.2) is 28.1 Å². The molecule has 0 radical (unpaired) electrons. The Morgan fingerprint density at radius 1 is 1.29 bits per heavy atom. The molecule has 1 heterocycles. The maximum atomic E-state index is 13.7. The van der Waals surface area contributed by atoms with Gasteiger partial charge in [0.25, 0.3) is 0 Å². The molecular formula is C16H19F2NO2. The van der Waals surface area contributed by atoms with E-state index in [1.165, 1.54) is 6.07 Å². The summed E-state index contributed by atoms with van der Waals surface area (Å²) in [6.45, 7) is 0.642. The number of rotatable bonds is 2. The first kappa shape index (κ1) is 14.4. The molecule has 1 amide bonds. The highest BCUT2D eigenvalue weighted by Gasteiger charge is 2.35. The topological polar surface area (TPSA) is 40.5 Å². The van der Waals surface area contributed by atoms with Crippen molar-refractivity contribution in [2.75, 3.05) is 6.54 Å². The molecule has 1 aromatic rings. The van der Waals surface area contributed by atoms with E-state index in [9.17, 15) is 18.7 Å². The van der Waals surface area contributed by atoms with E-state index in [0.717, 1.165) is 18.9 Å². The highest BCUT2D eigenvalue weighted by molar-refractivity contribution is 5.77. The number of carbonyl (C=O) groups excluding carboxylic acids is 1. The van der Waals surface area contributed by atoms with Gasteiger partial charge in [0.1, 0.15) is 11.6 Å². The van der Waals surface area contributed by atoms with Crippen molar-refractivity contribution in [1.29, 1.82) is 0 Å². The lowest BCUT2D eigenvalue weighted by Gasteiger charge is -2.32. The van der Waals surface area contributed by atoms with E-state index in [-0.39, 0.29) is 18.9 Å². The Morgan fingerprint density at radius 2 is 2.00 bits per heavy atom. The van der Waals surface area contributed by atoms with Crippen LogP contribution in [0.5, 0.6) is 0 Å². The van der Waals surface area contributed by atoms with Crippen LogP contribution in [0.4, 0.5) is 8.78 Å². The average Bonchev–Trinajstić information content (AvgIpc) is 2.84. The largest absolute Gasteiger partial charge is 0.389 e. The van der Waals surface area contributed by atoms with E-state index in [4.69, 9.17) is 0 Å². The summed E-state index contributed by atoms with van der Waals surface area (Å²) in [6, 6.07) is 2.18. The number of halogens is 2. The third-order valence-electron chi connectivity index (χ3n) is 4.61. The number of hydrogen-bond acceptors (Lipinski definition) is 2. The second kappa shape index (κ2) is 5.37. The van der Waals surface area contributed by atoms with Crippen molar-refractivity contribution in [3.63, 3.8) is 0 Å². The molecule has 2 aliphatic rings. The number of aliphatic hydroxyl groups is 1. The van der Waals surface area contributed by atoms with E-state index in [1.807, 2.05) is 0 Å². The smallest absolute Gasteiger partial charge is 0.225 e. The molecular weight excluding hydrogens is 276 g/mol. The number of amides is 1. The average molecular weight is 295 g/mol. The van der Waals surface area contributed by atoms with Gasteiger partial charge in [0.15, 0.2) is 0 Å². The third kappa shape index (κ3) is 2.93. The first-order valence-corrected chi connectivity index (χ1v) is 7.44. The number of nitrogens with zero attached hydrogens (tertiary/aromatic N) is 1. The Morgan fingerprint density at radius 3 is 2.71 bits per heavy atom. The minimum absolute atomic E-state index is 0.111. The molecule has 1 aromatic carbocycles. The highest BCUT2D eigenvalue weighted by atomic mass is 19.1. The molecule has 1 fully saturated rings. The Bertz CT molecular complexity index is 568. The maximum absolute atomic E-state index is 13.7. The van der Waals surface area contributed by atoms with Gasteiger partial charge in [0.05, 0.1) is 12.0 Å². The van der Waals surface area contributed by atoms with Gasteiger partial charge >= 0.3 is 0 Å². The van der Waals surface area contributed by atoms with E-state index in [0.29, 0.717) is 36.9 Å². The van der Waals surface area contributed by atoms with Crippen molar-refractivity contribution in [1.82, 2.24) is 4.90 Å². The second-order valence-electron chi connectivity index (χ2n) is 6.20. The fourth-order valence-corrected chi connectivity index (χ4v) is 3.43. The van der Waals surface area contributed by atoms with Crippen LogP contribution in [0, 0.1) is 11.6 Å². The van der Waals surface area contributed by atoms with Gasteiger partial charge in [-0.05, 0) is 36.5 Å². The van der Waals surface area contributed by atoms with Crippen LogP contribution in [0.2, 0.25) is 0 Å². The molecule has 0 saturated heterocycles. The molecule has 1 saturated carbocycles. The Hall–Kier alpha value is -1.49. The van der Waals surface area contributed by atoms with Crippen LogP contribution in [0.3, 0.4) is 0 Å². The maximum Gasteiger partial charge on any atom is 0.225 e. The van der Waals surface area contributed by atoms with Crippen molar-refractivity contribution >= 4 is 5.91 Å². The highest BCUT2D eigenvalue weighted by Crippen LogP contribution is 2.33. The monoisotopic (exact) mass is 295 g/mol. The molecule has 5 heteroatoms. The minimum Gasteiger partial charge on any atom is -0.389 e. The second-order valence-corrected chi connectivity index (χ2v) is 6.20. The molecule has 0 bridgehead atoms. The molecule has 21 heavy (non-hydrogen) atoms. The van der Waals surface area contributed by atoms with Gasteiger partial charge in [-0.1, -0.05) is 12.8 Å².